The molecule has 0 aliphatic heterocycles. The summed E-state index contributed by atoms with van der Waals surface area (Å²) in [5, 5.41) is 3.33. The van der Waals surface area contributed by atoms with E-state index in [1.807, 2.05) is 30.6 Å². The molecule has 0 unspecified atom stereocenters. The lowest BCUT2D eigenvalue weighted by molar-refractivity contribution is 0.910. The van der Waals surface area contributed by atoms with Gasteiger partial charge in [-0.3, -0.25) is 0 Å². The summed E-state index contributed by atoms with van der Waals surface area (Å²) in [5.41, 5.74) is 1.23. The van der Waals surface area contributed by atoms with E-state index in [9.17, 15) is 0 Å². The lowest BCUT2D eigenvalue weighted by Crippen LogP contribution is -2.16. The largest absolute Gasteiger partial charge is 0.347 e. The minimum atomic E-state index is 0.555. The number of anilines is 1. The first-order valence-corrected chi connectivity index (χ1v) is 6.77. The molecule has 2 nitrogen and oxygen atoms in total. The van der Waals surface area contributed by atoms with Gasteiger partial charge in [0.05, 0.1) is 0 Å². The Balaban J connectivity index is 2.13. The topological polar surface area (TPSA) is 16.1 Å². The van der Waals surface area contributed by atoms with Crippen molar-refractivity contribution in [1.82, 2.24) is 4.98 Å². The fourth-order valence-electron chi connectivity index (χ4n) is 1.37. The Labute approximate surface area is 112 Å². The van der Waals surface area contributed by atoms with Crippen molar-refractivity contribution in [2.24, 2.45) is 0 Å². The maximum absolute atomic E-state index is 5.80. The van der Waals surface area contributed by atoms with Crippen LogP contribution in [-0.2, 0) is 6.54 Å². The molecule has 84 valence electrons. The van der Waals surface area contributed by atoms with E-state index in [4.69, 9.17) is 11.6 Å². The van der Waals surface area contributed by atoms with Crippen LogP contribution in [0.25, 0.3) is 0 Å². The summed E-state index contributed by atoms with van der Waals surface area (Å²) in [4.78, 5) is 6.31. The quantitative estimate of drug-likeness (QED) is 0.843. The predicted octanol–water partition coefficient (Wildman–Crippen LogP) is 4.20. The van der Waals surface area contributed by atoms with Crippen LogP contribution in [0.3, 0.4) is 0 Å². The van der Waals surface area contributed by atoms with Crippen LogP contribution in [0.1, 0.15) is 5.56 Å². The van der Waals surface area contributed by atoms with Gasteiger partial charge < -0.3 is 4.90 Å². The van der Waals surface area contributed by atoms with E-state index in [1.54, 1.807) is 11.3 Å². The average molecular weight is 318 g/mol. The number of hydrogen-bond donors (Lipinski definition) is 0. The van der Waals surface area contributed by atoms with Gasteiger partial charge in [-0.05, 0) is 11.6 Å². The molecular formula is C11H10BrClN2S. The minimum absolute atomic E-state index is 0.555. The summed E-state index contributed by atoms with van der Waals surface area (Å²) in [6, 6.07) is 8.17. The summed E-state index contributed by atoms with van der Waals surface area (Å²) in [6.45, 7) is 0.811. The van der Waals surface area contributed by atoms with E-state index in [0.717, 1.165) is 16.1 Å². The first kappa shape index (κ1) is 11.9. The molecule has 0 saturated heterocycles. The summed E-state index contributed by atoms with van der Waals surface area (Å²) in [7, 11) is 2.01. The van der Waals surface area contributed by atoms with Crippen molar-refractivity contribution >= 4 is 44.0 Å². The van der Waals surface area contributed by atoms with E-state index in [-0.39, 0.29) is 0 Å². The zero-order chi connectivity index (χ0) is 11.5. The first-order valence-electron chi connectivity index (χ1n) is 4.72. The summed E-state index contributed by atoms with van der Waals surface area (Å²) in [5.74, 6) is 0. The van der Waals surface area contributed by atoms with Crippen molar-refractivity contribution in [3.05, 3.63) is 44.8 Å². The van der Waals surface area contributed by atoms with Crippen LogP contribution in [0.4, 0.5) is 5.13 Å². The van der Waals surface area contributed by atoms with Crippen molar-refractivity contribution in [3.8, 4) is 0 Å². The van der Waals surface area contributed by atoms with Gasteiger partial charge in [0.2, 0.25) is 0 Å². The molecule has 1 heterocycles. The van der Waals surface area contributed by atoms with Gasteiger partial charge in [0.15, 0.2) is 5.13 Å². The number of aromatic nitrogens is 1. The standard InChI is InChI=1S/C11H10BrClN2S/c1-15(11-14-10(13)7-16-11)6-8-4-2-3-5-9(8)12/h2-5,7H,6H2,1H3. The molecule has 0 amide bonds. The van der Waals surface area contributed by atoms with Crippen LogP contribution < -0.4 is 4.90 Å². The molecule has 5 heteroatoms. The second-order valence-electron chi connectivity index (χ2n) is 3.40. The van der Waals surface area contributed by atoms with Crippen LogP contribution in [-0.4, -0.2) is 12.0 Å². The molecule has 0 fully saturated rings. The van der Waals surface area contributed by atoms with Gasteiger partial charge in [0, 0.05) is 23.4 Å². The molecule has 0 atom stereocenters. The average Bonchev–Trinajstić information content (AvgIpc) is 2.68. The lowest BCUT2D eigenvalue weighted by Gasteiger charge is -2.16. The van der Waals surface area contributed by atoms with Gasteiger partial charge in [-0.15, -0.1) is 11.3 Å². The molecule has 1 aromatic heterocycles. The highest BCUT2D eigenvalue weighted by molar-refractivity contribution is 9.10. The number of nitrogens with zero attached hydrogens (tertiary/aromatic N) is 2. The zero-order valence-electron chi connectivity index (χ0n) is 8.65. The Morgan fingerprint density at radius 3 is 2.81 bits per heavy atom. The highest BCUT2D eigenvalue weighted by atomic mass is 79.9. The van der Waals surface area contributed by atoms with Gasteiger partial charge in [0.25, 0.3) is 0 Å². The fraction of sp³-hybridized carbons (Fsp3) is 0.182. The van der Waals surface area contributed by atoms with Gasteiger partial charge in [-0.1, -0.05) is 45.7 Å². The molecule has 0 bridgehead atoms. The molecule has 0 saturated carbocycles. The summed E-state index contributed by atoms with van der Waals surface area (Å²) in [6.07, 6.45) is 0. The highest BCUT2D eigenvalue weighted by Crippen LogP contribution is 2.25. The third kappa shape index (κ3) is 2.75. The van der Waals surface area contributed by atoms with E-state index in [1.165, 1.54) is 5.56 Å². The maximum Gasteiger partial charge on any atom is 0.186 e. The third-order valence-corrected chi connectivity index (χ3v) is 4.21. The van der Waals surface area contributed by atoms with Crippen molar-refractivity contribution in [2.45, 2.75) is 6.54 Å². The Bertz CT molecular complexity index is 486. The van der Waals surface area contributed by atoms with Crippen molar-refractivity contribution in [3.63, 3.8) is 0 Å². The van der Waals surface area contributed by atoms with E-state index in [0.29, 0.717) is 5.15 Å². The van der Waals surface area contributed by atoms with Gasteiger partial charge in [-0.25, -0.2) is 4.98 Å². The molecule has 0 aliphatic carbocycles. The van der Waals surface area contributed by atoms with E-state index in [2.05, 4.69) is 31.9 Å². The van der Waals surface area contributed by atoms with Crippen molar-refractivity contribution in [1.29, 1.82) is 0 Å². The Morgan fingerprint density at radius 1 is 1.44 bits per heavy atom. The molecule has 0 aliphatic rings. The molecule has 2 rings (SSSR count). The number of halogens is 2. The maximum atomic E-state index is 5.80. The van der Waals surface area contributed by atoms with Crippen LogP contribution in [0, 0.1) is 0 Å². The summed E-state index contributed by atoms with van der Waals surface area (Å²) >= 11 is 10.9. The smallest absolute Gasteiger partial charge is 0.186 e. The molecule has 0 N–H and O–H groups in total. The Kier molecular flexibility index (Phi) is 3.84. The second kappa shape index (κ2) is 5.17. The monoisotopic (exact) mass is 316 g/mol. The van der Waals surface area contributed by atoms with Crippen LogP contribution in [0.5, 0.6) is 0 Å². The van der Waals surface area contributed by atoms with E-state index < -0.39 is 0 Å². The van der Waals surface area contributed by atoms with Gasteiger partial charge in [-0.2, -0.15) is 0 Å². The number of benzene rings is 1. The first-order chi connectivity index (χ1) is 7.66. The zero-order valence-corrected chi connectivity index (χ0v) is 11.8. The molecular weight excluding hydrogens is 308 g/mol. The Hall–Kier alpha value is -0.580. The molecule has 2 aromatic rings. The third-order valence-electron chi connectivity index (χ3n) is 2.16. The second-order valence-corrected chi connectivity index (χ2v) is 5.48. The van der Waals surface area contributed by atoms with Gasteiger partial charge >= 0.3 is 0 Å². The van der Waals surface area contributed by atoms with E-state index >= 15 is 0 Å². The van der Waals surface area contributed by atoms with Crippen molar-refractivity contribution < 1.29 is 0 Å². The lowest BCUT2D eigenvalue weighted by atomic mass is 10.2. The highest BCUT2D eigenvalue weighted by Gasteiger charge is 2.08. The molecule has 0 radical (unpaired) electrons. The molecule has 16 heavy (non-hydrogen) atoms. The van der Waals surface area contributed by atoms with Crippen molar-refractivity contribution in [2.75, 3.05) is 11.9 Å². The molecule has 1 aromatic carbocycles. The normalized spacial score (nSPS) is 10.4. The summed E-state index contributed by atoms with van der Waals surface area (Å²) < 4.78 is 1.12. The number of rotatable bonds is 3. The van der Waals surface area contributed by atoms with Crippen LogP contribution in [0.2, 0.25) is 5.15 Å². The van der Waals surface area contributed by atoms with Gasteiger partial charge in [0.1, 0.15) is 5.15 Å². The Morgan fingerprint density at radius 2 is 2.19 bits per heavy atom. The molecule has 0 spiro atoms. The fourth-order valence-corrected chi connectivity index (χ4v) is 2.70. The minimum Gasteiger partial charge on any atom is -0.347 e. The SMILES string of the molecule is CN(Cc1ccccc1Br)c1nc(Cl)cs1. The predicted molar refractivity (Wildman–Crippen MR) is 73.4 cm³/mol. The number of hydrogen-bond acceptors (Lipinski definition) is 3. The number of thiazole rings is 1. The van der Waals surface area contributed by atoms with Crippen LogP contribution >= 0.6 is 38.9 Å². The van der Waals surface area contributed by atoms with Crippen LogP contribution in [0.15, 0.2) is 34.1 Å².